The van der Waals surface area contributed by atoms with E-state index in [1.165, 1.54) is 6.07 Å². The average Bonchev–Trinajstić information content (AvgIpc) is 3.22. The molecule has 1 aliphatic rings. The lowest BCUT2D eigenvalue weighted by Crippen LogP contribution is -1.95. The van der Waals surface area contributed by atoms with E-state index in [0.29, 0.717) is 40.3 Å². The van der Waals surface area contributed by atoms with E-state index in [-0.39, 0.29) is 5.78 Å². The highest BCUT2D eigenvalue weighted by atomic mass is 19.2. The zero-order chi connectivity index (χ0) is 18.3. The molecule has 0 atom stereocenters. The number of methoxy groups -OCH3 is 1. The number of aromatic amines is 1. The molecule has 1 aromatic heterocycles. The van der Waals surface area contributed by atoms with Gasteiger partial charge >= 0.3 is 0 Å². The number of H-pyrrole nitrogens is 1. The van der Waals surface area contributed by atoms with Crippen LogP contribution in [0.1, 0.15) is 21.6 Å². The third-order valence-electron chi connectivity index (χ3n) is 4.37. The van der Waals surface area contributed by atoms with Gasteiger partial charge in [-0.15, -0.1) is 0 Å². The van der Waals surface area contributed by atoms with Gasteiger partial charge in [0.1, 0.15) is 5.75 Å². The van der Waals surface area contributed by atoms with Crippen LogP contribution in [0.2, 0.25) is 0 Å². The van der Waals surface area contributed by atoms with Crippen molar-refractivity contribution in [2.45, 2.75) is 6.42 Å². The minimum atomic E-state index is -0.930. The van der Waals surface area contributed by atoms with Crippen LogP contribution in [0.15, 0.2) is 48.0 Å². The summed E-state index contributed by atoms with van der Waals surface area (Å²) in [5.41, 5.74) is 3.76. The lowest BCUT2D eigenvalue weighted by molar-refractivity contribution is 0.104. The number of benzene rings is 2. The first kappa shape index (κ1) is 16.2. The van der Waals surface area contributed by atoms with Gasteiger partial charge in [-0.3, -0.25) is 9.89 Å². The summed E-state index contributed by atoms with van der Waals surface area (Å²) < 4.78 is 31.6. The van der Waals surface area contributed by atoms with Gasteiger partial charge in [-0.25, -0.2) is 8.78 Å². The first-order valence-electron chi connectivity index (χ1n) is 7.98. The molecular weight excluding hydrogens is 338 g/mol. The molecule has 0 saturated heterocycles. The second-order valence-corrected chi connectivity index (χ2v) is 6.04. The third kappa shape index (κ3) is 2.79. The third-order valence-corrected chi connectivity index (χ3v) is 4.37. The van der Waals surface area contributed by atoms with Crippen molar-refractivity contribution in [3.05, 3.63) is 76.5 Å². The van der Waals surface area contributed by atoms with Crippen molar-refractivity contribution in [2.24, 2.45) is 0 Å². The number of hydrogen-bond donors (Lipinski definition) is 1. The Balaban J connectivity index is 1.63. The number of nitrogens with one attached hydrogen (secondary N) is 1. The molecule has 4 rings (SSSR count). The maximum atomic E-state index is 13.4. The molecule has 130 valence electrons. The molecule has 0 radical (unpaired) electrons. The van der Waals surface area contributed by atoms with Gasteiger partial charge in [0.05, 0.1) is 18.5 Å². The Morgan fingerprint density at radius 2 is 1.96 bits per heavy atom. The fourth-order valence-corrected chi connectivity index (χ4v) is 3.04. The van der Waals surface area contributed by atoms with Gasteiger partial charge in [-0.1, -0.05) is 0 Å². The molecule has 0 amide bonds. The van der Waals surface area contributed by atoms with Crippen LogP contribution < -0.4 is 4.74 Å². The summed E-state index contributed by atoms with van der Waals surface area (Å²) in [7, 11) is 1.58. The van der Waals surface area contributed by atoms with Crippen molar-refractivity contribution in [3.63, 3.8) is 0 Å². The summed E-state index contributed by atoms with van der Waals surface area (Å²) in [5.74, 6) is -1.16. The van der Waals surface area contributed by atoms with Crippen LogP contribution in [0.4, 0.5) is 8.78 Å². The van der Waals surface area contributed by atoms with Gasteiger partial charge in [0, 0.05) is 23.1 Å². The van der Waals surface area contributed by atoms with Gasteiger partial charge < -0.3 is 4.74 Å². The molecule has 0 aliphatic heterocycles. The number of hydrogen-bond acceptors (Lipinski definition) is 3. The largest absolute Gasteiger partial charge is 0.497 e. The molecule has 0 fully saturated rings. The van der Waals surface area contributed by atoms with Crippen molar-refractivity contribution < 1.29 is 18.3 Å². The van der Waals surface area contributed by atoms with Crippen molar-refractivity contribution in [2.75, 3.05) is 7.11 Å². The number of carbonyl (C=O) groups is 1. The average molecular weight is 352 g/mol. The normalized spacial score (nSPS) is 14.7. The molecule has 6 heteroatoms. The summed E-state index contributed by atoms with van der Waals surface area (Å²) in [6.45, 7) is 0. The van der Waals surface area contributed by atoms with E-state index in [1.807, 2.05) is 6.07 Å². The molecule has 26 heavy (non-hydrogen) atoms. The van der Waals surface area contributed by atoms with Crippen LogP contribution in [0.5, 0.6) is 5.75 Å². The van der Waals surface area contributed by atoms with E-state index in [0.717, 1.165) is 17.7 Å². The van der Waals surface area contributed by atoms with Gasteiger partial charge in [0.15, 0.2) is 17.4 Å². The van der Waals surface area contributed by atoms with Crippen LogP contribution in [0.3, 0.4) is 0 Å². The Labute approximate surface area is 148 Å². The van der Waals surface area contributed by atoms with Crippen molar-refractivity contribution >= 4 is 11.9 Å². The van der Waals surface area contributed by atoms with Gasteiger partial charge in [0.25, 0.3) is 0 Å². The minimum absolute atomic E-state index is 0.0355. The smallest absolute Gasteiger partial charge is 0.189 e. The molecule has 4 nitrogen and oxygen atoms in total. The monoisotopic (exact) mass is 352 g/mol. The maximum absolute atomic E-state index is 13.4. The molecule has 0 spiro atoms. The zero-order valence-electron chi connectivity index (χ0n) is 13.8. The first-order chi connectivity index (χ1) is 12.5. The summed E-state index contributed by atoms with van der Waals surface area (Å²) in [6, 6.07) is 10.7. The highest BCUT2D eigenvalue weighted by Crippen LogP contribution is 2.31. The highest BCUT2D eigenvalue weighted by Gasteiger charge is 2.25. The van der Waals surface area contributed by atoms with E-state index < -0.39 is 11.6 Å². The number of allylic oxidation sites excluding steroid dienone is 1. The fourth-order valence-electron chi connectivity index (χ4n) is 3.04. The van der Waals surface area contributed by atoms with Gasteiger partial charge in [-0.2, -0.15) is 5.10 Å². The number of fused-ring (bicyclic) bond motifs is 1. The lowest BCUT2D eigenvalue weighted by atomic mass is 10.1. The maximum Gasteiger partial charge on any atom is 0.189 e. The molecule has 0 bridgehead atoms. The molecular formula is C20H14F2N2O2. The topological polar surface area (TPSA) is 55.0 Å². The second-order valence-electron chi connectivity index (χ2n) is 6.04. The summed E-state index contributed by atoms with van der Waals surface area (Å²) >= 11 is 0. The molecule has 0 saturated carbocycles. The second kappa shape index (κ2) is 6.22. The van der Waals surface area contributed by atoms with E-state index >= 15 is 0 Å². The lowest BCUT2D eigenvalue weighted by Gasteiger charge is -2.01. The Hall–Kier alpha value is -3.28. The SMILES string of the molecule is COc1ccc2c(c1)C/C(=C\c1cc(-c3ccc(F)c(F)c3)n[nH]1)C2=O. The summed E-state index contributed by atoms with van der Waals surface area (Å²) in [6.07, 6.45) is 2.23. The van der Waals surface area contributed by atoms with Gasteiger partial charge in [-0.05, 0) is 54.1 Å². The fraction of sp³-hybridized carbons (Fsp3) is 0.100. The van der Waals surface area contributed by atoms with Crippen molar-refractivity contribution in [1.82, 2.24) is 10.2 Å². The Morgan fingerprint density at radius 3 is 2.73 bits per heavy atom. The quantitative estimate of drug-likeness (QED) is 0.719. The Bertz CT molecular complexity index is 1050. The predicted octanol–water partition coefficient (Wildman–Crippen LogP) is 4.19. The van der Waals surface area contributed by atoms with Crippen LogP contribution >= 0.6 is 0 Å². The molecule has 1 aliphatic carbocycles. The number of ketones is 1. The van der Waals surface area contributed by atoms with Crippen molar-refractivity contribution in [3.8, 4) is 17.0 Å². The number of nitrogens with zero attached hydrogens (tertiary/aromatic N) is 1. The minimum Gasteiger partial charge on any atom is -0.497 e. The highest BCUT2D eigenvalue weighted by molar-refractivity contribution is 6.15. The van der Waals surface area contributed by atoms with E-state index in [1.54, 1.807) is 31.4 Å². The number of halogens is 2. The Morgan fingerprint density at radius 1 is 1.12 bits per heavy atom. The number of Topliss-reactive ketones (excluding diaryl/α,β-unsaturated/α-hetero) is 1. The van der Waals surface area contributed by atoms with Crippen molar-refractivity contribution in [1.29, 1.82) is 0 Å². The molecule has 2 aromatic carbocycles. The van der Waals surface area contributed by atoms with Crippen LogP contribution in [0.25, 0.3) is 17.3 Å². The van der Waals surface area contributed by atoms with Crippen LogP contribution in [0, 0.1) is 11.6 Å². The number of carbonyl (C=O) groups excluding carboxylic acids is 1. The molecule has 3 aromatic rings. The van der Waals surface area contributed by atoms with Gasteiger partial charge in [0.2, 0.25) is 0 Å². The zero-order valence-corrected chi connectivity index (χ0v) is 13.8. The Kier molecular flexibility index (Phi) is 3.88. The molecule has 1 N–H and O–H groups in total. The van der Waals surface area contributed by atoms with Crippen LogP contribution in [-0.2, 0) is 6.42 Å². The summed E-state index contributed by atoms with van der Waals surface area (Å²) in [5, 5.41) is 6.93. The summed E-state index contributed by atoms with van der Waals surface area (Å²) in [4.78, 5) is 12.5. The number of aromatic nitrogens is 2. The van der Waals surface area contributed by atoms with E-state index in [4.69, 9.17) is 4.74 Å². The first-order valence-corrected chi connectivity index (χ1v) is 7.98. The van der Waals surface area contributed by atoms with E-state index in [2.05, 4.69) is 10.2 Å². The number of rotatable bonds is 3. The molecule has 1 heterocycles. The predicted molar refractivity (Wildman–Crippen MR) is 92.9 cm³/mol. The van der Waals surface area contributed by atoms with Crippen LogP contribution in [-0.4, -0.2) is 23.1 Å². The standard InChI is InChI=1S/C20H14F2N2O2/c1-26-15-3-4-16-12(8-15)6-13(20(16)25)7-14-10-19(24-23-14)11-2-5-17(21)18(22)9-11/h2-5,7-10H,6H2,1H3,(H,23,24)/b13-7+. The van der Waals surface area contributed by atoms with E-state index in [9.17, 15) is 13.6 Å². The molecule has 0 unspecified atom stereocenters. The number of ether oxygens (including phenoxy) is 1.